The van der Waals surface area contributed by atoms with Crippen LogP contribution in [0, 0.1) is 10.1 Å². The molecule has 1 fully saturated rings. The number of likely N-dealkylation sites (tertiary alicyclic amines) is 1. The molecule has 2 atom stereocenters. The van der Waals surface area contributed by atoms with Gasteiger partial charge < -0.3 is 4.74 Å². The molecule has 8 nitrogen and oxygen atoms in total. The van der Waals surface area contributed by atoms with Crippen LogP contribution in [0.1, 0.15) is 23.7 Å². The first-order chi connectivity index (χ1) is 10.8. The predicted octanol–water partition coefficient (Wildman–Crippen LogP) is 1.83. The summed E-state index contributed by atoms with van der Waals surface area (Å²) in [4.78, 5) is 46.6. The first-order valence-electron chi connectivity index (χ1n) is 6.75. The standard InChI is InChI=1S/C14H14N2O6S/c1-8(17)12-6-11(23)7-15(12)14(19)22-13(18)9-2-4-10(5-3-9)16(20)21/h2-5,11-12,23H,6-7H2,1H3/t11-,12?/m0/s1. The minimum atomic E-state index is -0.935. The minimum Gasteiger partial charge on any atom is -0.372 e. The van der Waals surface area contributed by atoms with Crippen molar-refractivity contribution in [2.24, 2.45) is 0 Å². The van der Waals surface area contributed by atoms with Crippen molar-refractivity contribution in [3.63, 3.8) is 0 Å². The van der Waals surface area contributed by atoms with Crippen LogP contribution in [0.25, 0.3) is 0 Å². The number of Topliss-reactive ketones (excluding diaryl/α,β-unsaturated/α-hetero) is 1. The number of nitro groups is 1. The van der Waals surface area contributed by atoms with Crippen LogP contribution in [-0.4, -0.2) is 45.5 Å². The van der Waals surface area contributed by atoms with Gasteiger partial charge in [-0.2, -0.15) is 12.6 Å². The van der Waals surface area contributed by atoms with E-state index in [4.69, 9.17) is 4.74 Å². The molecule has 1 aliphatic heterocycles. The van der Waals surface area contributed by atoms with Gasteiger partial charge in [-0.3, -0.25) is 19.8 Å². The molecule has 1 aliphatic rings. The van der Waals surface area contributed by atoms with Gasteiger partial charge in [0.2, 0.25) is 0 Å². The smallest absolute Gasteiger partial charge is 0.372 e. The second-order valence-electron chi connectivity index (χ2n) is 5.13. The summed E-state index contributed by atoms with van der Waals surface area (Å²) in [6, 6.07) is 4.01. The van der Waals surface area contributed by atoms with E-state index >= 15 is 0 Å². The average Bonchev–Trinajstić information content (AvgIpc) is 2.89. The summed E-state index contributed by atoms with van der Waals surface area (Å²) >= 11 is 4.24. The number of carbonyl (C=O) groups excluding carboxylic acids is 3. The zero-order chi connectivity index (χ0) is 17.1. The average molecular weight is 338 g/mol. The van der Waals surface area contributed by atoms with Crippen LogP contribution in [0.15, 0.2) is 24.3 Å². The lowest BCUT2D eigenvalue weighted by Crippen LogP contribution is -2.40. The summed E-state index contributed by atoms with van der Waals surface area (Å²) < 4.78 is 4.74. The summed E-state index contributed by atoms with van der Waals surface area (Å²) in [5, 5.41) is 10.4. The topological polar surface area (TPSA) is 107 Å². The molecule has 1 saturated heterocycles. The largest absolute Gasteiger partial charge is 0.418 e. The van der Waals surface area contributed by atoms with Crippen molar-refractivity contribution in [1.29, 1.82) is 0 Å². The Morgan fingerprint density at radius 3 is 2.43 bits per heavy atom. The van der Waals surface area contributed by atoms with E-state index in [1.54, 1.807) is 0 Å². The molecule has 1 amide bonds. The van der Waals surface area contributed by atoms with Crippen LogP contribution < -0.4 is 0 Å². The fraction of sp³-hybridized carbons (Fsp3) is 0.357. The van der Waals surface area contributed by atoms with E-state index in [1.165, 1.54) is 24.0 Å². The SMILES string of the molecule is CC(=O)C1C[C@H](S)CN1C(=O)OC(=O)c1ccc([N+](=O)[O-])cc1. The molecule has 122 valence electrons. The van der Waals surface area contributed by atoms with Crippen molar-refractivity contribution < 1.29 is 24.0 Å². The van der Waals surface area contributed by atoms with Crippen LogP contribution >= 0.6 is 12.6 Å². The third-order valence-corrected chi connectivity index (χ3v) is 3.85. The fourth-order valence-electron chi connectivity index (χ4n) is 2.32. The number of nitro benzene ring substituents is 1. The number of non-ortho nitro benzene ring substituents is 1. The Balaban J connectivity index is 2.06. The highest BCUT2D eigenvalue weighted by Gasteiger charge is 2.38. The number of thiol groups is 1. The maximum atomic E-state index is 12.1. The normalized spacial score (nSPS) is 20.2. The number of benzene rings is 1. The van der Waals surface area contributed by atoms with Crippen LogP contribution in [-0.2, 0) is 9.53 Å². The maximum Gasteiger partial charge on any atom is 0.418 e. The van der Waals surface area contributed by atoms with Gasteiger partial charge in [-0.25, -0.2) is 9.59 Å². The van der Waals surface area contributed by atoms with Gasteiger partial charge in [0.1, 0.15) is 0 Å². The van der Waals surface area contributed by atoms with Crippen molar-refractivity contribution in [1.82, 2.24) is 4.90 Å². The van der Waals surface area contributed by atoms with Crippen LogP contribution in [0.3, 0.4) is 0 Å². The molecule has 23 heavy (non-hydrogen) atoms. The molecule has 1 unspecified atom stereocenters. The van der Waals surface area contributed by atoms with Gasteiger partial charge in [-0.05, 0) is 25.5 Å². The number of esters is 1. The summed E-state index contributed by atoms with van der Waals surface area (Å²) in [5.74, 6) is -1.14. The highest BCUT2D eigenvalue weighted by Crippen LogP contribution is 2.23. The molecule has 2 rings (SSSR count). The van der Waals surface area contributed by atoms with E-state index in [1.807, 2.05) is 0 Å². The summed E-state index contributed by atoms with van der Waals surface area (Å²) in [6.45, 7) is 1.56. The molecule has 9 heteroatoms. The van der Waals surface area contributed by atoms with Gasteiger partial charge in [0.15, 0.2) is 5.78 Å². The number of hydrogen-bond donors (Lipinski definition) is 1. The summed E-state index contributed by atoms with van der Waals surface area (Å²) in [7, 11) is 0. The van der Waals surface area contributed by atoms with Gasteiger partial charge >= 0.3 is 12.1 Å². The number of ether oxygens (including phenoxy) is 1. The molecule has 0 saturated carbocycles. The Bertz CT molecular complexity index is 660. The number of nitrogens with zero attached hydrogens (tertiary/aromatic N) is 2. The van der Waals surface area contributed by atoms with E-state index in [0.29, 0.717) is 6.42 Å². The van der Waals surface area contributed by atoms with E-state index < -0.39 is 23.0 Å². The quantitative estimate of drug-likeness (QED) is 0.296. The van der Waals surface area contributed by atoms with E-state index in [9.17, 15) is 24.5 Å². The minimum absolute atomic E-state index is 0.00458. The van der Waals surface area contributed by atoms with Gasteiger partial charge in [0, 0.05) is 23.9 Å². The Morgan fingerprint density at radius 2 is 1.91 bits per heavy atom. The zero-order valence-electron chi connectivity index (χ0n) is 12.2. The molecule has 1 aromatic rings. The van der Waals surface area contributed by atoms with Crippen molar-refractivity contribution >= 4 is 36.2 Å². The van der Waals surface area contributed by atoms with Gasteiger partial charge in [-0.15, -0.1) is 0 Å². The molecule has 1 heterocycles. The van der Waals surface area contributed by atoms with Crippen LogP contribution in [0.5, 0.6) is 0 Å². The first-order valence-corrected chi connectivity index (χ1v) is 7.27. The third-order valence-electron chi connectivity index (χ3n) is 3.48. The molecule has 0 bridgehead atoms. The molecule has 0 spiro atoms. The zero-order valence-corrected chi connectivity index (χ0v) is 13.1. The van der Waals surface area contributed by atoms with Gasteiger partial charge in [0.25, 0.3) is 5.69 Å². The Kier molecular flexibility index (Phi) is 4.99. The first kappa shape index (κ1) is 16.9. The number of amides is 1. The van der Waals surface area contributed by atoms with Gasteiger partial charge in [-0.1, -0.05) is 0 Å². The Labute approximate surface area is 137 Å². The second-order valence-corrected chi connectivity index (χ2v) is 5.86. The molecule has 0 aliphatic carbocycles. The molecular formula is C14H14N2O6S. The molecule has 0 N–H and O–H groups in total. The van der Waals surface area contributed by atoms with Crippen molar-refractivity contribution in [2.45, 2.75) is 24.6 Å². The molecule has 0 aromatic heterocycles. The number of hydrogen-bond acceptors (Lipinski definition) is 7. The number of carbonyl (C=O) groups is 3. The summed E-state index contributed by atoms with van der Waals surface area (Å²) in [6.07, 6.45) is -0.524. The fourth-order valence-corrected chi connectivity index (χ4v) is 2.69. The lowest BCUT2D eigenvalue weighted by atomic mass is 10.1. The van der Waals surface area contributed by atoms with E-state index in [2.05, 4.69) is 12.6 Å². The van der Waals surface area contributed by atoms with Crippen molar-refractivity contribution in [2.75, 3.05) is 6.54 Å². The van der Waals surface area contributed by atoms with Crippen LogP contribution in [0.2, 0.25) is 0 Å². The number of ketones is 1. The molecule has 0 radical (unpaired) electrons. The third kappa shape index (κ3) is 3.86. The Morgan fingerprint density at radius 1 is 1.30 bits per heavy atom. The maximum absolute atomic E-state index is 12.1. The highest BCUT2D eigenvalue weighted by molar-refractivity contribution is 7.81. The Hall–Kier alpha value is -2.42. The van der Waals surface area contributed by atoms with Gasteiger partial charge in [0.05, 0.1) is 16.5 Å². The summed E-state index contributed by atoms with van der Waals surface area (Å²) in [5.41, 5.74) is -0.174. The van der Waals surface area contributed by atoms with Crippen molar-refractivity contribution in [3.05, 3.63) is 39.9 Å². The second kappa shape index (κ2) is 6.78. The van der Waals surface area contributed by atoms with E-state index in [-0.39, 0.29) is 28.8 Å². The van der Waals surface area contributed by atoms with E-state index in [0.717, 1.165) is 12.1 Å². The monoisotopic (exact) mass is 338 g/mol. The highest BCUT2D eigenvalue weighted by atomic mass is 32.1. The lowest BCUT2D eigenvalue weighted by Gasteiger charge is -2.20. The van der Waals surface area contributed by atoms with Crippen molar-refractivity contribution in [3.8, 4) is 0 Å². The lowest BCUT2D eigenvalue weighted by molar-refractivity contribution is -0.384. The van der Waals surface area contributed by atoms with Crippen LogP contribution in [0.4, 0.5) is 10.5 Å². The molecule has 1 aromatic carbocycles. The predicted molar refractivity (Wildman–Crippen MR) is 82.5 cm³/mol. The number of rotatable bonds is 3. The molecular weight excluding hydrogens is 324 g/mol.